The first-order valence-electron chi connectivity index (χ1n) is 12.9. The Morgan fingerprint density at radius 2 is 1.77 bits per heavy atom. The van der Waals surface area contributed by atoms with E-state index in [4.69, 9.17) is 0 Å². The summed E-state index contributed by atoms with van der Waals surface area (Å²) in [5.74, 6) is 0.755. The fourth-order valence-electron chi connectivity index (χ4n) is 4.80. The maximum atomic E-state index is 12.9. The lowest BCUT2D eigenvalue weighted by atomic mass is 9.98. The molecule has 0 radical (unpaired) electrons. The standard InChI is InChI=1S/C31H27N7O/c1-20(2)38-19-36-37-30(38)23-7-5-22(6-8-23)25-12-26(18-33-17-25)27-9-11-34-29-14-24(13-28(27)29)31(39)35-16-21-4-3-10-32-15-21/h3-13,15,17-20H,14,16H2,1-2H3,(H,35,39). The first-order valence-corrected chi connectivity index (χ1v) is 12.9. The number of pyridine rings is 3. The van der Waals surface area contributed by atoms with Crippen molar-refractivity contribution < 1.29 is 4.79 Å². The molecule has 39 heavy (non-hydrogen) atoms. The Morgan fingerprint density at radius 3 is 2.56 bits per heavy atom. The van der Waals surface area contributed by atoms with E-state index in [0.717, 1.165) is 50.5 Å². The van der Waals surface area contributed by atoms with Crippen LogP contribution in [0.5, 0.6) is 0 Å². The van der Waals surface area contributed by atoms with Crippen LogP contribution in [0, 0.1) is 0 Å². The first-order chi connectivity index (χ1) is 19.1. The van der Waals surface area contributed by atoms with Gasteiger partial charge in [0.15, 0.2) is 5.82 Å². The maximum Gasteiger partial charge on any atom is 0.247 e. The van der Waals surface area contributed by atoms with Crippen LogP contribution in [0.2, 0.25) is 0 Å². The van der Waals surface area contributed by atoms with Crippen LogP contribution in [-0.4, -0.2) is 35.6 Å². The normalized spacial score (nSPS) is 12.3. The minimum Gasteiger partial charge on any atom is -0.348 e. The number of hydrogen-bond donors (Lipinski definition) is 1. The monoisotopic (exact) mass is 513 g/mol. The molecule has 0 saturated heterocycles. The Bertz CT molecular complexity index is 1670. The van der Waals surface area contributed by atoms with Crippen molar-refractivity contribution >= 4 is 12.0 Å². The van der Waals surface area contributed by atoms with E-state index in [-0.39, 0.29) is 11.9 Å². The van der Waals surface area contributed by atoms with Gasteiger partial charge in [-0.1, -0.05) is 30.3 Å². The Morgan fingerprint density at radius 1 is 0.949 bits per heavy atom. The largest absolute Gasteiger partial charge is 0.348 e. The molecule has 8 heteroatoms. The Kier molecular flexibility index (Phi) is 6.50. The van der Waals surface area contributed by atoms with Crippen LogP contribution in [0.1, 0.15) is 36.7 Å². The smallest absolute Gasteiger partial charge is 0.247 e. The van der Waals surface area contributed by atoms with Crippen LogP contribution in [0.3, 0.4) is 0 Å². The number of nitrogens with one attached hydrogen (secondary N) is 1. The van der Waals surface area contributed by atoms with Gasteiger partial charge in [-0.2, -0.15) is 0 Å². The van der Waals surface area contributed by atoms with Crippen molar-refractivity contribution in [1.29, 1.82) is 0 Å². The lowest BCUT2D eigenvalue weighted by molar-refractivity contribution is -0.117. The van der Waals surface area contributed by atoms with Gasteiger partial charge in [0.05, 0.1) is 5.69 Å². The molecule has 0 unspecified atom stereocenters. The summed E-state index contributed by atoms with van der Waals surface area (Å²) in [7, 11) is 0. The number of rotatable bonds is 7. The molecule has 1 aliphatic rings. The Balaban J connectivity index is 1.24. The summed E-state index contributed by atoms with van der Waals surface area (Å²) in [6.07, 6.45) is 13.2. The molecule has 4 heterocycles. The average molecular weight is 514 g/mol. The summed E-state index contributed by atoms with van der Waals surface area (Å²) in [5, 5.41) is 11.4. The number of nitrogens with zero attached hydrogens (tertiary/aromatic N) is 6. The van der Waals surface area contributed by atoms with Crippen LogP contribution in [0.4, 0.5) is 0 Å². The van der Waals surface area contributed by atoms with Gasteiger partial charge in [0.1, 0.15) is 6.33 Å². The summed E-state index contributed by atoms with van der Waals surface area (Å²) in [6.45, 7) is 4.66. The van der Waals surface area contributed by atoms with Gasteiger partial charge in [0.2, 0.25) is 5.91 Å². The van der Waals surface area contributed by atoms with Crippen LogP contribution in [0.15, 0.2) is 91.4 Å². The molecule has 5 aromatic rings. The van der Waals surface area contributed by atoms with Crippen LogP contribution in [-0.2, 0) is 17.8 Å². The lowest BCUT2D eigenvalue weighted by Crippen LogP contribution is -2.24. The van der Waals surface area contributed by atoms with Gasteiger partial charge in [0.25, 0.3) is 0 Å². The predicted molar refractivity (Wildman–Crippen MR) is 150 cm³/mol. The number of carbonyl (C=O) groups excluding carboxylic acids is 1. The summed E-state index contributed by atoms with van der Waals surface area (Å²) < 4.78 is 2.06. The van der Waals surface area contributed by atoms with E-state index in [1.54, 1.807) is 24.9 Å². The third-order valence-electron chi connectivity index (χ3n) is 6.87. The second-order valence-corrected chi connectivity index (χ2v) is 9.80. The molecule has 0 saturated carbocycles. The second kappa shape index (κ2) is 10.4. The lowest BCUT2D eigenvalue weighted by Gasteiger charge is -2.11. The topological polar surface area (TPSA) is 98.5 Å². The number of amides is 1. The molecule has 0 atom stereocenters. The van der Waals surface area contributed by atoms with Gasteiger partial charge in [-0.25, -0.2) is 0 Å². The molecule has 1 N–H and O–H groups in total. The number of carbonyl (C=O) groups is 1. The van der Waals surface area contributed by atoms with Crippen molar-refractivity contribution in [1.82, 2.24) is 35.0 Å². The predicted octanol–water partition coefficient (Wildman–Crippen LogP) is 5.30. The van der Waals surface area contributed by atoms with Crippen molar-refractivity contribution in [3.05, 3.63) is 108 Å². The molecule has 192 valence electrons. The Hall–Kier alpha value is -4.98. The van der Waals surface area contributed by atoms with Crippen molar-refractivity contribution in [3.8, 4) is 33.6 Å². The first kappa shape index (κ1) is 24.4. The molecular weight excluding hydrogens is 486 g/mol. The molecule has 0 spiro atoms. The van der Waals surface area contributed by atoms with Crippen molar-refractivity contribution in [2.75, 3.05) is 0 Å². The zero-order valence-electron chi connectivity index (χ0n) is 21.7. The summed E-state index contributed by atoms with van der Waals surface area (Å²) in [5.41, 5.74) is 8.57. The second-order valence-electron chi connectivity index (χ2n) is 9.80. The molecule has 4 aromatic heterocycles. The minimum atomic E-state index is -0.0944. The number of fused-ring (bicyclic) bond motifs is 1. The zero-order chi connectivity index (χ0) is 26.8. The van der Waals surface area contributed by atoms with Crippen LogP contribution < -0.4 is 5.32 Å². The van der Waals surface area contributed by atoms with Gasteiger partial charge in [-0.3, -0.25) is 19.7 Å². The zero-order valence-corrected chi connectivity index (χ0v) is 21.7. The highest BCUT2D eigenvalue weighted by molar-refractivity contribution is 6.01. The van der Waals surface area contributed by atoms with Crippen LogP contribution >= 0.6 is 0 Å². The molecule has 1 aromatic carbocycles. The summed E-state index contributed by atoms with van der Waals surface area (Å²) in [4.78, 5) is 26.1. The van der Waals surface area contributed by atoms with Gasteiger partial charge < -0.3 is 9.88 Å². The number of hydrogen-bond acceptors (Lipinski definition) is 6. The molecule has 6 rings (SSSR count). The highest BCUT2D eigenvalue weighted by Crippen LogP contribution is 2.34. The summed E-state index contributed by atoms with van der Waals surface area (Å²) in [6, 6.07) is 16.5. The van der Waals surface area contributed by atoms with Gasteiger partial charge >= 0.3 is 0 Å². The van der Waals surface area contributed by atoms with Crippen molar-refractivity contribution in [2.24, 2.45) is 0 Å². The van der Waals surface area contributed by atoms with E-state index in [0.29, 0.717) is 18.5 Å². The minimum absolute atomic E-state index is 0.0944. The van der Waals surface area contributed by atoms with Gasteiger partial charge in [0, 0.05) is 77.8 Å². The Labute approximate surface area is 226 Å². The van der Waals surface area contributed by atoms with E-state index in [1.807, 2.05) is 36.7 Å². The quantitative estimate of drug-likeness (QED) is 0.317. The third-order valence-corrected chi connectivity index (χ3v) is 6.87. The molecule has 0 bridgehead atoms. The van der Waals surface area contributed by atoms with E-state index >= 15 is 0 Å². The molecule has 0 aliphatic heterocycles. The molecule has 1 aliphatic carbocycles. The molecule has 0 fully saturated rings. The van der Waals surface area contributed by atoms with Crippen molar-refractivity contribution in [2.45, 2.75) is 32.9 Å². The fraction of sp³-hybridized carbons (Fsp3) is 0.161. The highest BCUT2D eigenvalue weighted by atomic mass is 16.1. The molecular formula is C31H27N7O. The fourth-order valence-corrected chi connectivity index (χ4v) is 4.80. The number of aromatic nitrogens is 6. The third kappa shape index (κ3) is 4.96. The van der Waals surface area contributed by atoms with Crippen LogP contribution in [0.25, 0.3) is 39.7 Å². The summed E-state index contributed by atoms with van der Waals surface area (Å²) >= 11 is 0. The molecule has 1 amide bonds. The average Bonchev–Trinajstić information content (AvgIpc) is 3.65. The van der Waals surface area contributed by atoms with E-state index < -0.39 is 0 Å². The van der Waals surface area contributed by atoms with E-state index in [9.17, 15) is 4.79 Å². The van der Waals surface area contributed by atoms with E-state index in [2.05, 4.69) is 79.2 Å². The van der Waals surface area contributed by atoms with Gasteiger partial charge in [-0.15, -0.1) is 10.2 Å². The SMILES string of the molecule is CC(C)n1cnnc1-c1ccc(-c2cncc(-c3ccnc4c3C=C(C(=O)NCc3cccnc3)C4)c2)cc1. The van der Waals surface area contributed by atoms with E-state index in [1.165, 1.54) is 0 Å². The maximum absolute atomic E-state index is 12.9. The number of benzene rings is 1. The highest BCUT2D eigenvalue weighted by Gasteiger charge is 2.22. The molecule has 8 nitrogen and oxygen atoms in total. The van der Waals surface area contributed by atoms with Gasteiger partial charge in [-0.05, 0) is 54.8 Å². The van der Waals surface area contributed by atoms with Crippen molar-refractivity contribution in [3.63, 3.8) is 0 Å².